The highest BCUT2D eigenvalue weighted by Gasteiger charge is 2.13. The van der Waals surface area contributed by atoms with Gasteiger partial charge in [-0.2, -0.15) is 0 Å². The largest absolute Gasteiger partial charge is 0.314 e. The minimum atomic E-state index is 0.0154. The van der Waals surface area contributed by atoms with Crippen molar-refractivity contribution in [3.05, 3.63) is 21.6 Å². The predicted molar refractivity (Wildman–Crippen MR) is 60.1 cm³/mol. The SMILES string of the molecule is Cc1c(CCC2CCCCN2)[nH][nH]c1=O. The van der Waals surface area contributed by atoms with Crippen LogP contribution in [0.5, 0.6) is 0 Å². The van der Waals surface area contributed by atoms with Crippen LogP contribution in [0.15, 0.2) is 4.79 Å². The summed E-state index contributed by atoms with van der Waals surface area (Å²) in [6.45, 7) is 3.02. The molecule has 0 spiro atoms. The third-order valence-corrected chi connectivity index (χ3v) is 3.28. The van der Waals surface area contributed by atoms with Gasteiger partial charge in [0.2, 0.25) is 0 Å². The molecule has 4 nitrogen and oxygen atoms in total. The van der Waals surface area contributed by atoms with Gasteiger partial charge in [-0.25, -0.2) is 0 Å². The van der Waals surface area contributed by atoms with E-state index in [0.29, 0.717) is 6.04 Å². The van der Waals surface area contributed by atoms with Crippen LogP contribution in [0.25, 0.3) is 0 Å². The molecule has 1 aliphatic heterocycles. The fourth-order valence-electron chi connectivity index (χ4n) is 2.20. The zero-order valence-electron chi connectivity index (χ0n) is 9.23. The minimum Gasteiger partial charge on any atom is -0.314 e. The molecule has 0 radical (unpaired) electrons. The van der Waals surface area contributed by atoms with E-state index in [1.807, 2.05) is 6.92 Å². The summed E-state index contributed by atoms with van der Waals surface area (Å²) in [7, 11) is 0. The van der Waals surface area contributed by atoms with Gasteiger partial charge in [0.1, 0.15) is 0 Å². The lowest BCUT2D eigenvalue weighted by molar-refractivity contribution is 0.381. The molecule has 0 aromatic carbocycles. The molecular formula is C11H19N3O. The Bertz CT molecular complexity index is 360. The molecule has 0 aliphatic carbocycles. The number of aromatic nitrogens is 2. The molecular weight excluding hydrogens is 190 g/mol. The molecule has 3 N–H and O–H groups in total. The molecule has 0 saturated carbocycles. The number of hydrogen-bond acceptors (Lipinski definition) is 2. The van der Waals surface area contributed by atoms with E-state index >= 15 is 0 Å². The molecule has 84 valence electrons. The molecule has 1 aliphatic rings. The Morgan fingerprint density at radius 3 is 2.80 bits per heavy atom. The average molecular weight is 209 g/mol. The van der Waals surface area contributed by atoms with Gasteiger partial charge in [-0.05, 0) is 39.2 Å². The van der Waals surface area contributed by atoms with Crippen LogP contribution in [0.1, 0.15) is 36.9 Å². The van der Waals surface area contributed by atoms with Gasteiger partial charge in [0.05, 0.1) is 0 Å². The van der Waals surface area contributed by atoms with Crippen molar-refractivity contribution in [3.8, 4) is 0 Å². The topological polar surface area (TPSA) is 60.7 Å². The van der Waals surface area contributed by atoms with Crippen LogP contribution in [0.3, 0.4) is 0 Å². The third-order valence-electron chi connectivity index (χ3n) is 3.28. The first-order chi connectivity index (χ1) is 7.27. The van der Waals surface area contributed by atoms with Gasteiger partial charge in [-0.1, -0.05) is 6.42 Å². The number of nitrogens with one attached hydrogen (secondary N) is 3. The number of H-pyrrole nitrogens is 2. The molecule has 0 amide bonds. The number of hydrogen-bond donors (Lipinski definition) is 3. The number of piperidine rings is 1. The second-order valence-corrected chi connectivity index (χ2v) is 4.37. The maximum absolute atomic E-state index is 11.2. The zero-order chi connectivity index (χ0) is 10.7. The van der Waals surface area contributed by atoms with Gasteiger partial charge in [0, 0.05) is 17.3 Å². The van der Waals surface area contributed by atoms with E-state index in [1.165, 1.54) is 19.3 Å². The minimum absolute atomic E-state index is 0.0154. The lowest BCUT2D eigenvalue weighted by atomic mass is 9.99. The Labute approximate surface area is 89.5 Å². The van der Waals surface area contributed by atoms with Crippen LogP contribution in [0, 0.1) is 6.92 Å². The molecule has 4 heteroatoms. The van der Waals surface area contributed by atoms with Crippen molar-refractivity contribution in [2.24, 2.45) is 0 Å². The van der Waals surface area contributed by atoms with Crippen LogP contribution in [0.4, 0.5) is 0 Å². The molecule has 15 heavy (non-hydrogen) atoms. The van der Waals surface area contributed by atoms with Crippen molar-refractivity contribution >= 4 is 0 Å². The van der Waals surface area contributed by atoms with E-state index in [4.69, 9.17) is 0 Å². The first-order valence-corrected chi connectivity index (χ1v) is 5.77. The lowest BCUT2D eigenvalue weighted by Gasteiger charge is -2.23. The summed E-state index contributed by atoms with van der Waals surface area (Å²) >= 11 is 0. The molecule has 1 unspecified atom stereocenters. The van der Waals surface area contributed by atoms with E-state index in [9.17, 15) is 4.79 Å². The Hall–Kier alpha value is -1.03. The monoisotopic (exact) mass is 209 g/mol. The number of aromatic amines is 2. The molecule has 2 rings (SSSR count). The van der Waals surface area contributed by atoms with Crippen molar-refractivity contribution in [2.75, 3.05) is 6.54 Å². The van der Waals surface area contributed by atoms with Crippen LogP contribution < -0.4 is 10.9 Å². The first-order valence-electron chi connectivity index (χ1n) is 5.77. The second kappa shape index (κ2) is 4.66. The highest BCUT2D eigenvalue weighted by Crippen LogP contribution is 2.12. The molecule has 1 fully saturated rings. The third kappa shape index (κ3) is 2.50. The van der Waals surface area contributed by atoms with Crippen molar-refractivity contribution in [1.29, 1.82) is 0 Å². The summed E-state index contributed by atoms with van der Waals surface area (Å²) in [4.78, 5) is 11.2. The van der Waals surface area contributed by atoms with Crippen LogP contribution in [-0.4, -0.2) is 22.8 Å². The summed E-state index contributed by atoms with van der Waals surface area (Å²) in [5.41, 5.74) is 1.92. The average Bonchev–Trinajstić information content (AvgIpc) is 2.59. The molecule has 2 heterocycles. The van der Waals surface area contributed by atoms with Crippen LogP contribution in [-0.2, 0) is 6.42 Å². The number of rotatable bonds is 3. The Morgan fingerprint density at radius 1 is 1.33 bits per heavy atom. The standard InChI is InChI=1S/C11H19N3O/c1-8-10(13-14-11(8)15)6-5-9-4-2-3-7-12-9/h9,12H,2-7H2,1H3,(H2,13,14,15). The van der Waals surface area contributed by atoms with Gasteiger partial charge >= 0.3 is 0 Å². The highest BCUT2D eigenvalue weighted by molar-refractivity contribution is 5.14. The van der Waals surface area contributed by atoms with Crippen LogP contribution in [0.2, 0.25) is 0 Å². The fraction of sp³-hybridized carbons (Fsp3) is 0.727. The van der Waals surface area contributed by atoms with Gasteiger partial charge in [0.15, 0.2) is 0 Å². The summed E-state index contributed by atoms with van der Waals surface area (Å²) in [6.07, 6.45) is 5.99. The van der Waals surface area contributed by atoms with Crippen molar-refractivity contribution < 1.29 is 0 Å². The zero-order valence-corrected chi connectivity index (χ0v) is 9.23. The maximum Gasteiger partial charge on any atom is 0.267 e. The van der Waals surface area contributed by atoms with E-state index in [0.717, 1.165) is 30.6 Å². The van der Waals surface area contributed by atoms with E-state index in [1.54, 1.807) is 0 Å². The normalized spacial score (nSPS) is 21.8. The lowest BCUT2D eigenvalue weighted by Crippen LogP contribution is -2.34. The number of aryl methyl sites for hydroxylation is 1. The first kappa shape index (κ1) is 10.5. The quantitative estimate of drug-likeness (QED) is 0.697. The maximum atomic E-state index is 11.2. The molecule has 1 atom stereocenters. The highest BCUT2D eigenvalue weighted by atomic mass is 16.1. The van der Waals surface area contributed by atoms with Gasteiger partial charge < -0.3 is 10.4 Å². The predicted octanol–water partition coefficient (Wildman–Crippen LogP) is 1.09. The summed E-state index contributed by atoms with van der Waals surface area (Å²) in [5, 5.41) is 9.09. The summed E-state index contributed by atoms with van der Waals surface area (Å²) in [6, 6.07) is 0.636. The van der Waals surface area contributed by atoms with E-state index in [2.05, 4.69) is 15.5 Å². The Morgan fingerprint density at radius 2 is 2.20 bits per heavy atom. The van der Waals surface area contributed by atoms with Crippen LogP contribution >= 0.6 is 0 Å². The molecule has 0 bridgehead atoms. The summed E-state index contributed by atoms with van der Waals surface area (Å²) in [5.74, 6) is 0. The Balaban J connectivity index is 1.87. The van der Waals surface area contributed by atoms with E-state index < -0.39 is 0 Å². The molecule has 1 saturated heterocycles. The Kier molecular flexibility index (Phi) is 3.26. The smallest absolute Gasteiger partial charge is 0.267 e. The molecule has 1 aromatic rings. The van der Waals surface area contributed by atoms with Crippen molar-refractivity contribution in [1.82, 2.24) is 15.5 Å². The van der Waals surface area contributed by atoms with Crippen molar-refractivity contribution in [3.63, 3.8) is 0 Å². The second-order valence-electron chi connectivity index (χ2n) is 4.37. The fourth-order valence-corrected chi connectivity index (χ4v) is 2.20. The van der Waals surface area contributed by atoms with E-state index in [-0.39, 0.29) is 5.56 Å². The summed E-state index contributed by atoms with van der Waals surface area (Å²) < 4.78 is 0. The van der Waals surface area contributed by atoms with Gasteiger partial charge in [-0.15, -0.1) is 0 Å². The van der Waals surface area contributed by atoms with Gasteiger partial charge in [-0.3, -0.25) is 9.89 Å². The molecule has 1 aromatic heterocycles. The van der Waals surface area contributed by atoms with Crippen molar-refractivity contribution in [2.45, 2.75) is 45.1 Å². The van der Waals surface area contributed by atoms with Gasteiger partial charge in [0.25, 0.3) is 5.56 Å².